The van der Waals surface area contributed by atoms with Crippen molar-refractivity contribution in [3.63, 3.8) is 0 Å². The SMILES string of the molecule is CC(C)n1ncc2c(C(=O)N3CCCC(c4ncc[nH]4)C3)cc(-c3ccco3)nc21. The number of aromatic amines is 1. The zero-order valence-electron chi connectivity index (χ0n) is 17.1. The Bertz CT molecular complexity index is 1160. The van der Waals surface area contributed by atoms with Crippen molar-refractivity contribution in [3.8, 4) is 11.5 Å². The predicted molar refractivity (Wildman–Crippen MR) is 112 cm³/mol. The molecule has 4 aromatic heterocycles. The van der Waals surface area contributed by atoms with E-state index in [0.29, 0.717) is 29.2 Å². The van der Waals surface area contributed by atoms with E-state index in [9.17, 15) is 4.79 Å². The number of nitrogens with zero attached hydrogens (tertiary/aromatic N) is 5. The van der Waals surface area contributed by atoms with Gasteiger partial charge in [-0.2, -0.15) is 5.10 Å². The molecule has 0 saturated carbocycles. The summed E-state index contributed by atoms with van der Waals surface area (Å²) in [6.45, 7) is 5.47. The molecular formula is C22H24N6O2. The van der Waals surface area contributed by atoms with Crippen molar-refractivity contribution in [2.75, 3.05) is 13.1 Å². The van der Waals surface area contributed by atoms with Crippen LogP contribution in [0.4, 0.5) is 0 Å². The zero-order chi connectivity index (χ0) is 20.7. The maximum atomic E-state index is 13.6. The third-order valence-corrected chi connectivity index (χ3v) is 5.67. The monoisotopic (exact) mass is 404 g/mol. The molecule has 1 unspecified atom stereocenters. The Balaban J connectivity index is 1.56. The van der Waals surface area contributed by atoms with Crippen LogP contribution < -0.4 is 0 Å². The number of rotatable bonds is 4. The smallest absolute Gasteiger partial charge is 0.254 e. The second-order valence-corrected chi connectivity index (χ2v) is 8.02. The number of piperidine rings is 1. The van der Waals surface area contributed by atoms with Crippen molar-refractivity contribution in [3.05, 3.63) is 54.4 Å². The largest absolute Gasteiger partial charge is 0.463 e. The van der Waals surface area contributed by atoms with Crippen LogP contribution in [0, 0.1) is 0 Å². The molecule has 1 fully saturated rings. The standard InChI is InChI=1S/C22H24N6O2/c1-14(2)28-21-17(12-25-28)16(11-18(26-21)19-6-4-10-30-19)22(29)27-9-3-5-15(13-27)20-23-7-8-24-20/h4,6-8,10-12,14-15H,3,5,9,13H2,1-2H3,(H,23,24). The number of carbonyl (C=O) groups is 1. The van der Waals surface area contributed by atoms with E-state index < -0.39 is 0 Å². The number of amides is 1. The average molecular weight is 404 g/mol. The number of aromatic nitrogens is 5. The third kappa shape index (κ3) is 3.18. The maximum absolute atomic E-state index is 13.6. The van der Waals surface area contributed by atoms with Crippen molar-refractivity contribution in [2.45, 2.75) is 38.6 Å². The van der Waals surface area contributed by atoms with Crippen LogP contribution in [-0.2, 0) is 0 Å². The second-order valence-electron chi connectivity index (χ2n) is 8.02. The number of likely N-dealkylation sites (tertiary alicyclic amines) is 1. The summed E-state index contributed by atoms with van der Waals surface area (Å²) in [5.41, 5.74) is 1.94. The molecular weight excluding hydrogens is 380 g/mol. The van der Waals surface area contributed by atoms with Gasteiger partial charge in [-0.25, -0.2) is 14.6 Å². The van der Waals surface area contributed by atoms with E-state index in [2.05, 4.69) is 15.1 Å². The number of nitrogens with one attached hydrogen (secondary N) is 1. The number of pyridine rings is 1. The number of hydrogen-bond acceptors (Lipinski definition) is 5. The molecule has 4 aromatic rings. The van der Waals surface area contributed by atoms with Gasteiger partial charge in [-0.3, -0.25) is 4.79 Å². The molecule has 0 spiro atoms. The number of hydrogen-bond donors (Lipinski definition) is 1. The molecule has 1 saturated heterocycles. The van der Waals surface area contributed by atoms with E-state index in [0.717, 1.165) is 30.6 Å². The number of H-pyrrole nitrogens is 1. The van der Waals surface area contributed by atoms with Gasteiger partial charge in [-0.1, -0.05) is 0 Å². The summed E-state index contributed by atoms with van der Waals surface area (Å²) < 4.78 is 7.41. The summed E-state index contributed by atoms with van der Waals surface area (Å²) in [4.78, 5) is 27.9. The molecule has 5 heterocycles. The van der Waals surface area contributed by atoms with Gasteiger partial charge < -0.3 is 14.3 Å². The Labute approximate surface area is 173 Å². The summed E-state index contributed by atoms with van der Waals surface area (Å²) >= 11 is 0. The fraction of sp³-hybridized carbons (Fsp3) is 0.364. The molecule has 0 aromatic carbocycles. The minimum atomic E-state index is -0.00484. The lowest BCUT2D eigenvalue weighted by molar-refractivity contribution is 0.0706. The molecule has 0 aliphatic carbocycles. The highest BCUT2D eigenvalue weighted by atomic mass is 16.3. The van der Waals surface area contributed by atoms with Gasteiger partial charge >= 0.3 is 0 Å². The summed E-state index contributed by atoms with van der Waals surface area (Å²) in [5, 5.41) is 5.27. The van der Waals surface area contributed by atoms with E-state index in [-0.39, 0.29) is 17.9 Å². The molecule has 1 aliphatic heterocycles. The van der Waals surface area contributed by atoms with E-state index in [1.807, 2.05) is 47.8 Å². The van der Waals surface area contributed by atoms with Crippen LogP contribution in [0.25, 0.3) is 22.5 Å². The zero-order valence-corrected chi connectivity index (χ0v) is 17.1. The minimum absolute atomic E-state index is 0.00484. The van der Waals surface area contributed by atoms with Gasteiger partial charge in [-0.15, -0.1) is 0 Å². The van der Waals surface area contributed by atoms with Crippen LogP contribution in [0.2, 0.25) is 0 Å². The normalized spacial score (nSPS) is 17.2. The number of furan rings is 1. The van der Waals surface area contributed by atoms with E-state index in [1.54, 1.807) is 18.7 Å². The molecule has 0 radical (unpaired) electrons. The first-order valence-corrected chi connectivity index (χ1v) is 10.3. The van der Waals surface area contributed by atoms with Crippen molar-refractivity contribution >= 4 is 16.9 Å². The number of carbonyl (C=O) groups excluding carboxylic acids is 1. The van der Waals surface area contributed by atoms with Crippen LogP contribution in [-0.4, -0.2) is 48.6 Å². The predicted octanol–water partition coefficient (Wildman–Crippen LogP) is 4.02. The van der Waals surface area contributed by atoms with Gasteiger partial charge in [0.05, 0.1) is 23.4 Å². The Morgan fingerprint density at radius 2 is 2.27 bits per heavy atom. The molecule has 1 atom stereocenters. The number of imidazole rings is 1. The molecule has 1 aliphatic rings. The van der Waals surface area contributed by atoms with Crippen LogP contribution >= 0.6 is 0 Å². The average Bonchev–Trinajstić information content (AvgIpc) is 3.53. The number of fused-ring (bicyclic) bond motifs is 1. The molecule has 5 rings (SSSR count). The molecule has 8 nitrogen and oxygen atoms in total. The quantitative estimate of drug-likeness (QED) is 0.555. The van der Waals surface area contributed by atoms with Gasteiger partial charge in [0.2, 0.25) is 0 Å². The van der Waals surface area contributed by atoms with E-state index in [1.165, 1.54) is 0 Å². The first kappa shape index (κ1) is 18.6. The molecule has 0 bridgehead atoms. The Kier molecular flexibility index (Phi) is 4.61. The van der Waals surface area contributed by atoms with Crippen molar-refractivity contribution in [2.24, 2.45) is 0 Å². The Morgan fingerprint density at radius 1 is 1.37 bits per heavy atom. The lowest BCUT2D eigenvalue weighted by atomic mass is 9.96. The van der Waals surface area contributed by atoms with E-state index >= 15 is 0 Å². The first-order valence-electron chi connectivity index (χ1n) is 10.3. The molecule has 8 heteroatoms. The van der Waals surface area contributed by atoms with Gasteiger partial charge in [0.25, 0.3) is 5.91 Å². The van der Waals surface area contributed by atoms with Crippen LogP contribution in [0.5, 0.6) is 0 Å². The molecule has 1 amide bonds. The lowest BCUT2D eigenvalue weighted by Gasteiger charge is -2.32. The van der Waals surface area contributed by atoms with E-state index in [4.69, 9.17) is 9.40 Å². The highest BCUT2D eigenvalue weighted by Crippen LogP contribution is 2.30. The van der Waals surface area contributed by atoms with Gasteiger partial charge in [0.15, 0.2) is 11.4 Å². The summed E-state index contributed by atoms with van der Waals surface area (Å²) in [7, 11) is 0. The summed E-state index contributed by atoms with van der Waals surface area (Å²) in [6, 6.07) is 5.63. The van der Waals surface area contributed by atoms with Crippen molar-refractivity contribution in [1.29, 1.82) is 0 Å². The van der Waals surface area contributed by atoms with Crippen LogP contribution in [0.15, 0.2) is 47.5 Å². The summed E-state index contributed by atoms with van der Waals surface area (Å²) in [5.74, 6) is 1.79. The summed E-state index contributed by atoms with van der Waals surface area (Å²) in [6.07, 6.45) is 8.92. The van der Waals surface area contributed by atoms with Gasteiger partial charge in [0.1, 0.15) is 11.5 Å². The van der Waals surface area contributed by atoms with Crippen LogP contribution in [0.3, 0.4) is 0 Å². The highest BCUT2D eigenvalue weighted by Gasteiger charge is 2.29. The molecule has 30 heavy (non-hydrogen) atoms. The van der Waals surface area contributed by atoms with Crippen LogP contribution in [0.1, 0.15) is 54.8 Å². The van der Waals surface area contributed by atoms with Gasteiger partial charge in [0, 0.05) is 37.4 Å². The minimum Gasteiger partial charge on any atom is -0.463 e. The molecule has 1 N–H and O–H groups in total. The van der Waals surface area contributed by atoms with Crippen molar-refractivity contribution < 1.29 is 9.21 Å². The maximum Gasteiger partial charge on any atom is 0.254 e. The lowest BCUT2D eigenvalue weighted by Crippen LogP contribution is -2.39. The third-order valence-electron chi connectivity index (χ3n) is 5.67. The Morgan fingerprint density at radius 3 is 3.00 bits per heavy atom. The second kappa shape index (κ2) is 7.44. The molecule has 154 valence electrons. The van der Waals surface area contributed by atoms with Crippen molar-refractivity contribution in [1.82, 2.24) is 29.6 Å². The van der Waals surface area contributed by atoms with Gasteiger partial charge in [-0.05, 0) is 44.9 Å². The topological polar surface area (TPSA) is 92.8 Å². The first-order chi connectivity index (χ1) is 14.6. The fourth-order valence-electron chi connectivity index (χ4n) is 4.18. The Hall–Kier alpha value is -3.42. The fourth-order valence-corrected chi connectivity index (χ4v) is 4.18. The highest BCUT2D eigenvalue weighted by molar-refractivity contribution is 6.06.